The summed E-state index contributed by atoms with van der Waals surface area (Å²) < 4.78 is 5.42. The summed E-state index contributed by atoms with van der Waals surface area (Å²) in [5.74, 6) is 1.42. The first-order chi connectivity index (χ1) is 8.97. The van der Waals surface area contributed by atoms with Crippen LogP contribution in [0.25, 0.3) is 0 Å². The number of nitriles is 1. The number of rotatable bonds is 7. The van der Waals surface area contributed by atoms with Crippen LogP contribution in [-0.2, 0) is 6.54 Å². The molecule has 0 heterocycles. The van der Waals surface area contributed by atoms with E-state index in [0.717, 1.165) is 24.4 Å². The van der Waals surface area contributed by atoms with Crippen LogP contribution in [0.5, 0.6) is 5.75 Å². The molecule has 1 aromatic carbocycles. The summed E-state index contributed by atoms with van der Waals surface area (Å²) in [4.78, 5) is 0. The van der Waals surface area contributed by atoms with Crippen LogP contribution in [-0.4, -0.2) is 13.2 Å². The number of hydrogen-bond donors (Lipinski definition) is 1. The Hall–Kier alpha value is -1.53. The highest BCUT2D eigenvalue weighted by molar-refractivity contribution is 5.33. The predicted octanol–water partition coefficient (Wildman–Crippen LogP) is 3.36. The maximum atomic E-state index is 8.57. The van der Waals surface area contributed by atoms with Crippen molar-refractivity contribution in [3.63, 3.8) is 0 Å². The second kappa shape index (κ2) is 7.16. The third-order valence-corrected chi connectivity index (χ3v) is 3.72. The minimum atomic E-state index is 0.0918. The molecule has 3 nitrogen and oxygen atoms in total. The molecule has 0 unspecified atom stereocenters. The fourth-order valence-corrected chi connectivity index (χ4v) is 1.62. The third-order valence-electron chi connectivity index (χ3n) is 3.72. The molecule has 0 saturated carbocycles. The van der Waals surface area contributed by atoms with Crippen LogP contribution in [0.3, 0.4) is 0 Å². The van der Waals surface area contributed by atoms with Crippen LogP contribution >= 0.6 is 0 Å². The van der Waals surface area contributed by atoms with Gasteiger partial charge in [0.05, 0.1) is 0 Å². The van der Waals surface area contributed by atoms with Gasteiger partial charge in [-0.2, -0.15) is 5.26 Å². The molecule has 0 aliphatic carbocycles. The Morgan fingerprint density at radius 1 is 1.32 bits per heavy atom. The molecule has 1 N–H and O–H groups in total. The topological polar surface area (TPSA) is 45.0 Å². The molecule has 0 aliphatic heterocycles. The predicted molar refractivity (Wildman–Crippen MR) is 77.9 cm³/mol. The van der Waals surface area contributed by atoms with Gasteiger partial charge >= 0.3 is 0 Å². The molecule has 0 saturated heterocycles. The van der Waals surface area contributed by atoms with E-state index in [1.165, 1.54) is 0 Å². The molecule has 0 aromatic heterocycles. The van der Waals surface area contributed by atoms with Crippen molar-refractivity contribution in [2.24, 2.45) is 11.3 Å². The average Bonchev–Trinajstić information content (AvgIpc) is 2.37. The largest absolute Gasteiger partial charge is 0.478 e. The highest BCUT2D eigenvalue weighted by atomic mass is 16.5. The molecule has 1 aromatic rings. The van der Waals surface area contributed by atoms with Gasteiger partial charge in [0.15, 0.2) is 6.61 Å². The SMILES string of the molecule is CC(C)C(C)(C)CNCc1ccccc1OCC#N. The second-order valence-corrected chi connectivity index (χ2v) is 5.80. The van der Waals surface area contributed by atoms with E-state index >= 15 is 0 Å². The molecule has 1 rings (SSSR count). The summed E-state index contributed by atoms with van der Waals surface area (Å²) in [6, 6.07) is 9.85. The number of para-hydroxylation sites is 1. The van der Waals surface area contributed by atoms with Crippen LogP contribution in [0.4, 0.5) is 0 Å². The summed E-state index contributed by atoms with van der Waals surface area (Å²) in [7, 11) is 0. The van der Waals surface area contributed by atoms with Crippen LogP contribution in [0.1, 0.15) is 33.3 Å². The second-order valence-electron chi connectivity index (χ2n) is 5.80. The summed E-state index contributed by atoms with van der Waals surface area (Å²) >= 11 is 0. The Morgan fingerprint density at radius 2 is 2.00 bits per heavy atom. The Balaban J connectivity index is 2.56. The lowest BCUT2D eigenvalue weighted by molar-refractivity contribution is 0.237. The van der Waals surface area contributed by atoms with E-state index in [4.69, 9.17) is 10.00 Å². The fourth-order valence-electron chi connectivity index (χ4n) is 1.62. The van der Waals surface area contributed by atoms with Crippen LogP contribution in [0.2, 0.25) is 0 Å². The Morgan fingerprint density at radius 3 is 2.63 bits per heavy atom. The standard InChI is InChI=1S/C16H24N2O/c1-13(2)16(3,4)12-18-11-14-7-5-6-8-15(14)19-10-9-17/h5-8,13,18H,10-12H2,1-4H3. The number of nitrogens with one attached hydrogen (secondary N) is 1. The Kier molecular flexibility index (Phi) is 5.85. The number of benzene rings is 1. The van der Waals surface area contributed by atoms with Gasteiger partial charge < -0.3 is 10.1 Å². The molecule has 0 aliphatic rings. The zero-order valence-electron chi connectivity index (χ0n) is 12.4. The van der Waals surface area contributed by atoms with Gasteiger partial charge in [0.1, 0.15) is 11.8 Å². The molecule has 0 spiro atoms. The van der Waals surface area contributed by atoms with Crippen molar-refractivity contribution in [2.75, 3.05) is 13.2 Å². The van der Waals surface area contributed by atoms with Crippen molar-refractivity contribution in [1.82, 2.24) is 5.32 Å². The first-order valence-corrected chi connectivity index (χ1v) is 6.75. The van der Waals surface area contributed by atoms with E-state index in [-0.39, 0.29) is 12.0 Å². The monoisotopic (exact) mass is 260 g/mol. The van der Waals surface area contributed by atoms with E-state index in [1.54, 1.807) is 0 Å². The molecule has 104 valence electrons. The van der Waals surface area contributed by atoms with Gasteiger partial charge in [-0.1, -0.05) is 45.9 Å². The minimum absolute atomic E-state index is 0.0918. The van der Waals surface area contributed by atoms with Gasteiger partial charge in [-0.05, 0) is 17.4 Å². The van der Waals surface area contributed by atoms with Gasteiger partial charge in [-0.25, -0.2) is 0 Å². The van der Waals surface area contributed by atoms with Gasteiger partial charge in [-0.3, -0.25) is 0 Å². The van der Waals surface area contributed by atoms with Crippen molar-refractivity contribution in [1.29, 1.82) is 5.26 Å². The maximum absolute atomic E-state index is 8.57. The lowest BCUT2D eigenvalue weighted by Gasteiger charge is -2.29. The van der Waals surface area contributed by atoms with Crippen molar-refractivity contribution >= 4 is 0 Å². The van der Waals surface area contributed by atoms with E-state index < -0.39 is 0 Å². The quantitative estimate of drug-likeness (QED) is 0.817. The van der Waals surface area contributed by atoms with Crippen LogP contribution in [0, 0.1) is 22.7 Å². The third kappa shape index (κ3) is 4.92. The average molecular weight is 260 g/mol. The Bertz CT molecular complexity index is 433. The zero-order valence-corrected chi connectivity index (χ0v) is 12.4. The molecule has 0 radical (unpaired) electrons. The summed E-state index contributed by atoms with van der Waals surface area (Å²) in [5.41, 5.74) is 1.36. The highest BCUT2D eigenvalue weighted by Gasteiger charge is 2.21. The van der Waals surface area contributed by atoms with E-state index in [1.807, 2.05) is 30.3 Å². The lowest BCUT2D eigenvalue weighted by Crippen LogP contribution is -2.33. The van der Waals surface area contributed by atoms with Gasteiger partial charge in [0, 0.05) is 18.7 Å². The van der Waals surface area contributed by atoms with Crippen molar-refractivity contribution < 1.29 is 4.74 Å². The number of hydrogen-bond acceptors (Lipinski definition) is 3. The summed E-state index contributed by atoms with van der Waals surface area (Å²) in [6.07, 6.45) is 0. The van der Waals surface area contributed by atoms with Gasteiger partial charge in [0.2, 0.25) is 0 Å². The number of nitrogens with zero attached hydrogens (tertiary/aromatic N) is 1. The first kappa shape index (κ1) is 15.5. The van der Waals surface area contributed by atoms with E-state index in [9.17, 15) is 0 Å². The summed E-state index contributed by atoms with van der Waals surface area (Å²) in [6.45, 7) is 10.8. The van der Waals surface area contributed by atoms with Gasteiger partial charge in [-0.15, -0.1) is 0 Å². The summed E-state index contributed by atoms with van der Waals surface area (Å²) in [5, 5.41) is 12.0. The van der Waals surface area contributed by atoms with E-state index in [2.05, 4.69) is 33.0 Å². The molecule has 0 bridgehead atoms. The van der Waals surface area contributed by atoms with Crippen molar-refractivity contribution in [3.05, 3.63) is 29.8 Å². The fraction of sp³-hybridized carbons (Fsp3) is 0.562. The maximum Gasteiger partial charge on any atom is 0.174 e. The molecule has 3 heteroatoms. The normalized spacial score (nSPS) is 11.4. The van der Waals surface area contributed by atoms with E-state index in [0.29, 0.717) is 5.92 Å². The van der Waals surface area contributed by atoms with Crippen molar-refractivity contribution in [2.45, 2.75) is 34.2 Å². The minimum Gasteiger partial charge on any atom is -0.478 e. The number of ether oxygens (including phenoxy) is 1. The Labute approximate surface area is 116 Å². The van der Waals surface area contributed by atoms with Gasteiger partial charge in [0.25, 0.3) is 0 Å². The highest BCUT2D eigenvalue weighted by Crippen LogP contribution is 2.25. The van der Waals surface area contributed by atoms with Crippen LogP contribution in [0.15, 0.2) is 24.3 Å². The zero-order chi connectivity index (χ0) is 14.3. The first-order valence-electron chi connectivity index (χ1n) is 6.75. The molecule has 19 heavy (non-hydrogen) atoms. The molecule has 0 fully saturated rings. The lowest BCUT2D eigenvalue weighted by atomic mass is 9.81. The van der Waals surface area contributed by atoms with Crippen molar-refractivity contribution in [3.8, 4) is 11.8 Å². The molecule has 0 atom stereocenters. The molecule has 0 amide bonds. The smallest absolute Gasteiger partial charge is 0.174 e. The van der Waals surface area contributed by atoms with Crippen LogP contribution < -0.4 is 10.1 Å². The molecular weight excluding hydrogens is 236 g/mol. The molecular formula is C16H24N2O.